The lowest BCUT2D eigenvalue weighted by atomic mass is 10.1. The second-order valence-corrected chi connectivity index (χ2v) is 9.73. The Morgan fingerprint density at radius 3 is 2.64 bits per heavy atom. The number of phenols is 1. The molecule has 1 amide bonds. The van der Waals surface area contributed by atoms with Crippen molar-refractivity contribution in [2.24, 2.45) is 0 Å². The Morgan fingerprint density at radius 2 is 1.92 bits per heavy atom. The summed E-state index contributed by atoms with van der Waals surface area (Å²) in [5, 5.41) is 27.7. The number of phenolic OH excluding ortho intramolecular Hbond substituents is 1. The first-order valence-corrected chi connectivity index (χ1v) is 13.1. The van der Waals surface area contributed by atoms with Crippen molar-refractivity contribution >= 4 is 51.4 Å². The predicted octanol–water partition coefficient (Wildman–Crippen LogP) is 5.79. The Hall–Kier alpha value is -4.51. The number of hydrogen-bond donors (Lipinski definition) is 3. The summed E-state index contributed by atoms with van der Waals surface area (Å²) in [4.78, 5) is 30.5. The van der Waals surface area contributed by atoms with Crippen LogP contribution in [0.5, 0.6) is 5.75 Å². The molecular weight excluding hydrogens is 518 g/mol. The van der Waals surface area contributed by atoms with Crippen molar-refractivity contribution < 1.29 is 19.2 Å². The van der Waals surface area contributed by atoms with Gasteiger partial charge in [0.15, 0.2) is 10.7 Å². The Balaban J connectivity index is 1.27. The molecule has 11 heteroatoms. The molecule has 0 unspecified atom stereocenters. The number of hydrogen-bond acceptors (Lipinski definition) is 8. The predicted molar refractivity (Wildman–Crippen MR) is 153 cm³/mol. The highest BCUT2D eigenvalue weighted by atomic mass is 32.1. The van der Waals surface area contributed by atoms with Crippen LogP contribution in [0.1, 0.15) is 42.1 Å². The number of piperidine rings is 1. The van der Waals surface area contributed by atoms with E-state index in [2.05, 4.69) is 22.5 Å². The number of nitrogens with zero attached hydrogens (tertiary/aromatic N) is 3. The van der Waals surface area contributed by atoms with Gasteiger partial charge in [-0.3, -0.25) is 20.2 Å². The summed E-state index contributed by atoms with van der Waals surface area (Å²) in [7, 11) is 0. The van der Waals surface area contributed by atoms with Crippen LogP contribution in [0, 0.1) is 10.1 Å². The van der Waals surface area contributed by atoms with Gasteiger partial charge in [0.05, 0.1) is 10.5 Å². The van der Waals surface area contributed by atoms with E-state index in [9.17, 15) is 20.0 Å². The van der Waals surface area contributed by atoms with E-state index in [0.717, 1.165) is 44.3 Å². The smallest absolute Gasteiger partial charge is 0.293 e. The second-order valence-electron chi connectivity index (χ2n) is 9.32. The highest BCUT2D eigenvalue weighted by Crippen LogP contribution is 2.34. The third-order valence-corrected chi connectivity index (χ3v) is 6.91. The standard InChI is InChI=1S/C28H27N5O5S/c1-2-17-6-11-25-21(14-17)30-27(38-25)20-9-8-19(16-24(20)34)29-28(39)31-26(35)18-7-10-22(23(15-18)33(36)37)32-12-4-3-5-13-32/h6-11,14-16,34H,2-5,12-13H2,1H3,(H2,29,31,35,39). The molecule has 10 nitrogen and oxygen atoms in total. The fraction of sp³-hybridized carbons (Fsp3) is 0.250. The fourth-order valence-electron chi connectivity index (χ4n) is 4.65. The molecule has 200 valence electrons. The number of nitro benzene ring substituents is 1. The first-order valence-electron chi connectivity index (χ1n) is 12.7. The van der Waals surface area contributed by atoms with E-state index in [-0.39, 0.29) is 28.0 Å². The molecule has 3 N–H and O–H groups in total. The Kier molecular flexibility index (Phi) is 7.42. The van der Waals surface area contributed by atoms with Gasteiger partial charge in [0.1, 0.15) is 17.0 Å². The summed E-state index contributed by atoms with van der Waals surface area (Å²) in [6.07, 6.45) is 3.93. The molecule has 0 saturated carbocycles. The number of aryl methyl sites for hydroxylation is 1. The lowest BCUT2D eigenvalue weighted by Crippen LogP contribution is -2.34. The van der Waals surface area contributed by atoms with Gasteiger partial charge in [0, 0.05) is 36.5 Å². The zero-order valence-corrected chi connectivity index (χ0v) is 22.1. The molecule has 1 fully saturated rings. The molecule has 1 aromatic heterocycles. The summed E-state index contributed by atoms with van der Waals surface area (Å²) in [5.41, 5.74) is 3.81. The van der Waals surface area contributed by atoms with Crippen LogP contribution >= 0.6 is 12.2 Å². The first-order chi connectivity index (χ1) is 18.8. The Morgan fingerprint density at radius 1 is 1.13 bits per heavy atom. The molecular formula is C28H27N5O5S. The van der Waals surface area contributed by atoms with Gasteiger partial charge in [-0.05, 0) is 79.9 Å². The lowest BCUT2D eigenvalue weighted by Gasteiger charge is -2.28. The van der Waals surface area contributed by atoms with E-state index >= 15 is 0 Å². The fourth-order valence-corrected chi connectivity index (χ4v) is 4.86. The number of fused-ring (bicyclic) bond motifs is 1. The number of nitro groups is 1. The number of aromatic nitrogens is 1. The van der Waals surface area contributed by atoms with Crippen molar-refractivity contribution in [1.29, 1.82) is 0 Å². The molecule has 1 saturated heterocycles. The number of amides is 1. The van der Waals surface area contributed by atoms with E-state index in [1.54, 1.807) is 24.3 Å². The van der Waals surface area contributed by atoms with Gasteiger partial charge in [-0.15, -0.1) is 0 Å². The van der Waals surface area contributed by atoms with Gasteiger partial charge in [0.25, 0.3) is 11.6 Å². The highest BCUT2D eigenvalue weighted by Gasteiger charge is 2.23. The monoisotopic (exact) mass is 545 g/mol. The average molecular weight is 546 g/mol. The quantitative estimate of drug-likeness (QED) is 0.156. The summed E-state index contributed by atoms with van der Waals surface area (Å²) in [6, 6.07) is 15.0. The highest BCUT2D eigenvalue weighted by molar-refractivity contribution is 7.80. The molecule has 1 aliphatic heterocycles. The number of rotatable bonds is 6. The number of thiocarbonyl (C=S) groups is 1. The number of oxazole rings is 1. The van der Waals surface area contributed by atoms with Crippen LogP contribution in [-0.2, 0) is 6.42 Å². The van der Waals surface area contributed by atoms with Crippen LogP contribution in [-0.4, -0.2) is 39.1 Å². The molecule has 4 aromatic rings. The van der Waals surface area contributed by atoms with Crippen LogP contribution < -0.4 is 15.5 Å². The number of benzene rings is 3. The van der Waals surface area contributed by atoms with E-state index in [0.29, 0.717) is 28.0 Å². The number of carbonyl (C=O) groups excluding carboxylic acids is 1. The van der Waals surface area contributed by atoms with E-state index in [1.807, 2.05) is 23.1 Å². The number of carbonyl (C=O) groups is 1. The van der Waals surface area contributed by atoms with Crippen molar-refractivity contribution in [2.75, 3.05) is 23.3 Å². The van der Waals surface area contributed by atoms with Crippen molar-refractivity contribution in [2.45, 2.75) is 32.6 Å². The summed E-state index contributed by atoms with van der Waals surface area (Å²) < 4.78 is 5.81. The summed E-state index contributed by atoms with van der Waals surface area (Å²) in [6.45, 7) is 3.55. The van der Waals surface area contributed by atoms with Crippen molar-refractivity contribution in [1.82, 2.24) is 10.3 Å². The molecule has 0 spiro atoms. The number of nitrogens with one attached hydrogen (secondary N) is 2. The van der Waals surface area contributed by atoms with Gasteiger partial charge in [-0.1, -0.05) is 13.0 Å². The van der Waals surface area contributed by atoms with Crippen molar-refractivity contribution in [3.63, 3.8) is 0 Å². The van der Waals surface area contributed by atoms with Gasteiger partial charge >= 0.3 is 0 Å². The van der Waals surface area contributed by atoms with Gasteiger partial charge in [-0.25, -0.2) is 4.98 Å². The van der Waals surface area contributed by atoms with E-state index < -0.39 is 10.8 Å². The summed E-state index contributed by atoms with van der Waals surface area (Å²) >= 11 is 5.26. The normalized spacial score (nSPS) is 13.3. The first kappa shape index (κ1) is 26.1. The van der Waals surface area contributed by atoms with E-state index in [1.165, 1.54) is 12.1 Å². The number of anilines is 2. The lowest BCUT2D eigenvalue weighted by molar-refractivity contribution is -0.384. The average Bonchev–Trinajstić information content (AvgIpc) is 3.36. The van der Waals surface area contributed by atoms with Crippen LogP contribution in [0.4, 0.5) is 17.1 Å². The SMILES string of the molecule is CCc1ccc2oc(-c3ccc(NC(=S)NC(=O)c4ccc(N5CCCCC5)c([N+](=O)[O-])c4)cc3O)nc2c1. The molecule has 5 rings (SSSR count). The summed E-state index contributed by atoms with van der Waals surface area (Å²) in [5.74, 6) is -0.382. The molecule has 3 aromatic carbocycles. The molecule has 0 atom stereocenters. The molecule has 2 heterocycles. The molecule has 39 heavy (non-hydrogen) atoms. The Labute approximate surface area is 229 Å². The van der Waals surface area contributed by atoms with Gasteiger partial charge in [0.2, 0.25) is 5.89 Å². The van der Waals surface area contributed by atoms with Crippen LogP contribution in [0.15, 0.2) is 59.0 Å². The Bertz CT molecular complexity index is 1580. The minimum absolute atomic E-state index is 0.0242. The maximum Gasteiger partial charge on any atom is 0.293 e. The van der Waals surface area contributed by atoms with Crippen LogP contribution in [0.25, 0.3) is 22.6 Å². The minimum atomic E-state index is -0.584. The van der Waals surface area contributed by atoms with Crippen LogP contribution in [0.2, 0.25) is 0 Å². The maximum absolute atomic E-state index is 12.8. The number of aromatic hydroxyl groups is 1. The van der Waals surface area contributed by atoms with E-state index in [4.69, 9.17) is 16.6 Å². The minimum Gasteiger partial charge on any atom is -0.507 e. The third-order valence-electron chi connectivity index (χ3n) is 6.70. The van der Waals surface area contributed by atoms with Crippen molar-refractivity contribution in [3.8, 4) is 17.2 Å². The largest absolute Gasteiger partial charge is 0.507 e. The molecule has 0 aliphatic carbocycles. The van der Waals surface area contributed by atoms with Gasteiger partial charge in [-0.2, -0.15) is 0 Å². The molecule has 0 radical (unpaired) electrons. The third kappa shape index (κ3) is 5.68. The zero-order valence-electron chi connectivity index (χ0n) is 21.3. The second kappa shape index (κ2) is 11.1. The zero-order chi connectivity index (χ0) is 27.5. The van der Waals surface area contributed by atoms with Crippen molar-refractivity contribution in [3.05, 3.63) is 75.8 Å². The van der Waals surface area contributed by atoms with Gasteiger partial charge < -0.3 is 19.7 Å². The topological polar surface area (TPSA) is 134 Å². The molecule has 0 bridgehead atoms. The molecule has 1 aliphatic rings. The maximum atomic E-state index is 12.8. The van der Waals surface area contributed by atoms with Crippen LogP contribution in [0.3, 0.4) is 0 Å².